The Morgan fingerprint density at radius 3 is 2.60 bits per heavy atom. The lowest BCUT2D eigenvalue weighted by Gasteiger charge is -2.01. The molecule has 0 saturated heterocycles. The molecule has 10 heavy (non-hydrogen) atoms. The van der Waals surface area contributed by atoms with Gasteiger partial charge < -0.3 is 0 Å². The molecule has 54 valence electrons. The summed E-state index contributed by atoms with van der Waals surface area (Å²) in [6.45, 7) is 4.00. The summed E-state index contributed by atoms with van der Waals surface area (Å²) in [6, 6.07) is 1.87. The van der Waals surface area contributed by atoms with Crippen molar-refractivity contribution in [1.29, 1.82) is 0 Å². The minimum absolute atomic E-state index is 0.576. The first-order valence-corrected chi connectivity index (χ1v) is 4.36. The van der Waals surface area contributed by atoms with Gasteiger partial charge in [-0.2, -0.15) is 0 Å². The van der Waals surface area contributed by atoms with Crippen LogP contribution in [0.3, 0.4) is 0 Å². The monoisotopic (exact) mass is 267 g/mol. The zero-order valence-electron chi connectivity index (χ0n) is 5.78. The molecule has 1 aromatic heterocycles. The summed E-state index contributed by atoms with van der Waals surface area (Å²) in [5.74, 6) is 0. The highest BCUT2D eigenvalue weighted by molar-refractivity contribution is 14.1. The molecule has 0 fully saturated rings. The van der Waals surface area contributed by atoms with Gasteiger partial charge in [-0.05, 0) is 48.1 Å². The number of hydrogen-bond acceptors (Lipinski definition) is 1. The van der Waals surface area contributed by atoms with Crippen LogP contribution in [-0.4, -0.2) is 4.98 Å². The topological polar surface area (TPSA) is 12.9 Å². The smallest absolute Gasteiger partial charge is 0.130 e. The second-order valence-electron chi connectivity index (χ2n) is 2.14. The van der Waals surface area contributed by atoms with Gasteiger partial charge in [0.15, 0.2) is 0 Å². The molecule has 1 aromatic rings. The summed E-state index contributed by atoms with van der Waals surface area (Å²) in [6.07, 6.45) is 0. The van der Waals surface area contributed by atoms with Gasteiger partial charge in [0.2, 0.25) is 0 Å². The average molecular weight is 267 g/mol. The fourth-order valence-electron chi connectivity index (χ4n) is 0.662. The Morgan fingerprint density at radius 1 is 1.50 bits per heavy atom. The van der Waals surface area contributed by atoms with Gasteiger partial charge in [-0.15, -0.1) is 0 Å². The average Bonchev–Trinajstić information content (AvgIpc) is 1.82. The van der Waals surface area contributed by atoms with Crippen LogP contribution in [0.15, 0.2) is 6.07 Å². The van der Waals surface area contributed by atoms with Crippen molar-refractivity contribution in [1.82, 2.24) is 4.98 Å². The Balaban J connectivity index is 3.31. The zero-order valence-corrected chi connectivity index (χ0v) is 8.69. The predicted molar refractivity (Wildman–Crippen MR) is 51.4 cm³/mol. The molecular formula is C7H7ClIN. The molecule has 1 nitrogen and oxygen atoms in total. The molecule has 0 saturated carbocycles. The molecule has 0 aliphatic heterocycles. The highest BCUT2D eigenvalue weighted by Gasteiger charge is 2.00. The standard InChI is InChI=1S/C7H7ClIN/c1-4-5(2)10-7(8)3-6(4)9/h3H,1-2H3. The lowest BCUT2D eigenvalue weighted by molar-refractivity contribution is 1.14. The number of aryl methyl sites for hydroxylation is 1. The van der Waals surface area contributed by atoms with E-state index in [0.29, 0.717) is 5.15 Å². The molecule has 0 aromatic carbocycles. The predicted octanol–water partition coefficient (Wildman–Crippen LogP) is 2.96. The fraction of sp³-hybridized carbons (Fsp3) is 0.286. The van der Waals surface area contributed by atoms with Gasteiger partial charge in [-0.3, -0.25) is 0 Å². The maximum absolute atomic E-state index is 5.71. The molecule has 0 amide bonds. The third-order valence-electron chi connectivity index (χ3n) is 1.42. The van der Waals surface area contributed by atoms with Gasteiger partial charge in [0.1, 0.15) is 5.15 Å². The minimum atomic E-state index is 0.576. The van der Waals surface area contributed by atoms with E-state index in [1.54, 1.807) is 0 Å². The quantitative estimate of drug-likeness (QED) is 0.520. The van der Waals surface area contributed by atoms with Gasteiger partial charge in [0.25, 0.3) is 0 Å². The van der Waals surface area contributed by atoms with E-state index in [0.717, 1.165) is 5.69 Å². The minimum Gasteiger partial charge on any atom is -0.241 e. The second-order valence-corrected chi connectivity index (χ2v) is 3.69. The van der Waals surface area contributed by atoms with E-state index in [1.807, 2.05) is 19.9 Å². The largest absolute Gasteiger partial charge is 0.241 e. The maximum atomic E-state index is 5.71. The molecule has 0 bridgehead atoms. The Morgan fingerprint density at radius 2 is 2.10 bits per heavy atom. The van der Waals surface area contributed by atoms with Crippen molar-refractivity contribution in [3.63, 3.8) is 0 Å². The highest BCUT2D eigenvalue weighted by atomic mass is 127. The zero-order chi connectivity index (χ0) is 7.72. The normalized spacial score (nSPS) is 10.0. The molecule has 0 unspecified atom stereocenters. The van der Waals surface area contributed by atoms with Crippen molar-refractivity contribution in [3.8, 4) is 0 Å². The van der Waals surface area contributed by atoms with Crippen LogP contribution in [0.4, 0.5) is 0 Å². The van der Waals surface area contributed by atoms with Gasteiger partial charge >= 0.3 is 0 Å². The second kappa shape index (κ2) is 3.05. The van der Waals surface area contributed by atoms with Gasteiger partial charge in [-0.1, -0.05) is 11.6 Å². The summed E-state index contributed by atoms with van der Waals surface area (Å²) >= 11 is 7.96. The lowest BCUT2D eigenvalue weighted by Crippen LogP contribution is -1.90. The molecule has 1 heterocycles. The molecule has 0 radical (unpaired) electrons. The number of hydrogen-bond donors (Lipinski definition) is 0. The molecule has 0 aliphatic carbocycles. The van der Waals surface area contributed by atoms with E-state index in [2.05, 4.69) is 27.6 Å². The summed E-state index contributed by atoms with van der Waals surface area (Å²) < 4.78 is 1.18. The van der Waals surface area contributed by atoms with E-state index >= 15 is 0 Å². The van der Waals surface area contributed by atoms with Crippen molar-refractivity contribution < 1.29 is 0 Å². The van der Waals surface area contributed by atoms with Crippen LogP contribution in [0.5, 0.6) is 0 Å². The first-order chi connectivity index (χ1) is 4.61. The molecule has 0 N–H and O–H groups in total. The fourth-order valence-corrected chi connectivity index (χ4v) is 1.77. The highest BCUT2D eigenvalue weighted by Crippen LogP contribution is 2.17. The molecule has 1 rings (SSSR count). The lowest BCUT2D eigenvalue weighted by atomic mass is 10.2. The Kier molecular flexibility index (Phi) is 2.52. The number of aromatic nitrogens is 1. The number of nitrogens with zero attached hydrogens (tertiary/aromatic N) is 1. The third-order valence-corrected chi connectivity index (χ3v) is 2.74. The maximum Gasteiger partial charge on any atom is 0.130 e. The summed E-state index contributed by atoms with van der Waals surface area (Å²) in [5.41, 5.74) is 2.22. The number of pyridine rings is 1. The van der Waals surface area contributed by atoms with Crippen LogP contribution in [0.2, 0.25) is 5.15 Å². The van der Waals surface area contributed by atoms with Crippen molar-refractivity contribution in [2.75, 3.05) is 0 Å². The van der Waals surface area contributed by atoms with Gasteiger partial charge in [0, 0.05) is 9.26 Å². The first-order valence-electron chi connectivity index (χ1n) is 2.90. The molecule has 3 heteroatoms. The van der Waals surface area contributed by atoms with Crippen LogP contribution in [0.1, 0.15) is 11.3 Å². The van der Waals surface area contributed by atoms with E-state index in [4.69, 9.17) is 11.6 Å². The first kappa shape index (κ1) is 8.27. The molecule has 0 aliphatic rings. The number of rotatable bonds is 0. The van der Waals surface area contributed by atoms with Crippen LogP contribution >= 0.6 is 34.2 Å². The van der Waals surface area contributed by atoms with Crippen LogP contribution in [0.25, 0.3) is 0 Å². The summed E-state index contributed by atoms with van der Waals surface area (Å²) in [5, 5.41) is 0.576. The Bertz CT molecular complexity index is 237. The Hall–Kier alpha value is 0.170. The molecular weight excluding hydrogens is 260 g/mol. The van der Waals surface area contributed by atoms with E-state index in [1.165, 1.54) is 9.13 Å². The third kappa shape index (κ3) is 1.61. The summed E-state index contributed by atoms with van der Waals surface area (Å²) in [4.78, 5) is 4.09. The van der Waals surface area contributed by atoms with Crippen molar-refractivity contribution in [2.24, 2.45) is 0 Å². The van der Waals surface area contributed by atoms with Crippen LogP contribution < -0.4 is 0 Å². The van der Waals surface area contributed by atoms with E-state index in [9.17, 15) is 0 Å². The van der Waals surface area contributed by atoms with Crippen molar-refractivity contribution in [3.05, 3.63) is 26.0 Å². The SMILES string of the molecule is Cc1nc(Cl)cc(I)c1C. The van der Waals surface area contributed by atoms with Crippen LogP contribution in [0, 0.1) is 17.4 Å². The molecule has 0 atom stereocenters. The van der Waals surface area contributed by atoms with Crippen molar-refractivity contribution in [2.45, 2.75) is 13.8 Å². The van der Waals surface area contributed by atoms with Gasteiger partial charge in [-0.25, -0.2) is 4.98 Å². The summed E-state index contributed by atoms with van der Waals surface area (Å²) in [7, 11) is 0. The van der Waals surface area contributed by atoms with E-state index in [-0.39, 0.29) is 0 Å². The molecule has 0 spiro atoms. The van der Waals surface area contributed by atoms with E-state index < -0.39 is 0 Å². The number of halogens is 2. The van der Waals surface area contributed by atoms with Crippen molar-refractivity contribution >= 4 is 34.2 Å². The van der Waals surface area contributed by atoms with Crippen LogP contribution in [-0.2, 0) is 0 Å². The van der Waals surface area contributed by atoms with Gasteiger partial charge in [0.05, 0.1) is 0 Å². The Labute approximate surface area is 78.9 Å².